The Bertz CT molecular complexity index is 944. The van der Waals surface area contributed by atoms with Gasteiger partial charge in [-0.25, -0.2) is 4.99 Å². The van der Waals surface area contributed by atoms with E-state index in [1.54, 1.807) is 0 Å². The second-order valence-corrected chi connectivity index (χ2v) is 13.4. The van der Waals surface area contributed by atoms with E-state index in [0.717, 1.165) is 31.7 Å². The van der Waals surface area contributed by atoms with Crippen LogP contribution in [0, 0.1) is 5.92 Å². The van der Waals surface area contributed by atoms with Gasteiger partial charge in [-0.15, -0.1) is 0 Å². The van der Waals surface area contributed by atoms with Crippen molar-refractivity contribution in [1.82, 2.24) is 25.8 Å². The van der Waals surface area contributed by atoms with Crippen molar-refractivity contribution in [2.24, 2.45) is 10.9 Å². The predicted molar refractivity (Wildman–Crippen MR) is 151 cm³/mol. The van der Waals surface area contributed by atoms with Crippen molar-refractivity contribution in [3.8, 4) is 0 Å². The fourth-order valence-corrected chi connectivity index (χ4v) is 8.62. The van der Waals surface area contributed by atoms with Crippen LogP contribution in [0.25, 0.3) is 0 Å². The van der Waals surface area contributed by atoms with E-state index in [1.165, 1.54) is 63.7 Å². The summed E-state index contributed by atoms with van der Waals surface area (Å²) in [5.41, 5.74) is 0. The summed E-state index contributed by atoms with van der Waals surface area (Å²) >= 11 is 0. The number of amides is 1. The molecular formula is C30H50N6O3. The van der Waals surface area contributed by atoms with Crippen molar-refractivity contribution in [3.63, 3.8) is 0 Å². The molecule has 0 aromatic heterocycles. The number of carbonyl (C=O) groups excluding carboxylic acids is 2. The minimum atomic E-state index is -0.179. The zero-order valence-corrected chi connectivity index (χ0v) is 24.2. The highest BCUT2D eigenvalue weighted by atomic mass is 16.5. The number of aliphatic imine (C=N–C) groups is 1. The highest BCUT2D eigenvalue weighted by molar-refractivity contribution is 5.83. The number of rotatable bonds is 10. The first kappa shape index (κ1) is 27.3. The Hall–Kier alpha value is -1.87. The smallest absolute Gasteiger partial charge is 0.312 e. The number of nitrogens with one attached hydrogen (secondary N) is 3. The van der Waals surface area contributed by atoms with Crippen molar-refractivity contribution in [2.45, 2.75) is 165 Å². The molecular weight excluding hydrogens is 492 g/mol. The topological polar surface area (TPSA) is 98.3 Å². The molecule has 5 fully saturated rings. The van der Waals surface area contributed by atoms with Crippen molar-refractivity contribution in [3.05, 3.63) is 0 Å². The van der Waals surface area contributed by atoms with E-state index in [2.05, 4.69) is 32.7 Å². The van der Waals surface area contributed by atoms with E-state index in [0.29, 0.717) is 24.5 Å². The summed E-state index contributed by atoms with van der Waals surface area (Å²) in [5, 5.41) is 10.2. The molecule has 5 saturated heterocycles. The highest BCUT2D eigenvalue weighted by Crippen LogP contribution is 2.39. The molecule has 1 amide bonds. The molecule has 0 aromatic rings. The molecule has 0 aliphatic carbocycles. The van der Waals surface area contributed by atoms with Crippen molar-refractivity contribution in [2.75, 3.05) is 0 Å². The molecule has 3 N–H and O–H groups in total. The minimum absolute atomic E-state index is 0.0159. The maximum absolute atomic E-state index is 13.2. The standard InChI is InChI=1S/C30H50N6O3/c1-18-15-22-11-12-23-16-21(33-29(31-18)35(22)23)10-8-6-4-5-7-9-19(2)39-28(38)27-20(3)32-30-34-26(37)17-24-13-14-25(27)36(24)30/h18-25,27,30,32H,4-17H2,1-3H3,(H,31,33)(H,34,37). The van der Waals surface area contributed by atoms with E-state index >= 15 is 0 Å². The number of unbranched alkanes of at least 4 members (excludes halogenated alkanes) is 4. The lowest BCUT2D eigenvalue weighted by Gasteiger charge is -2.50. The number of ether oxygens (including phenoxy) is 1. The second-order valence-electron chi connectivity index (χ2n) is 13.4. The van der Waals surface area contributed by atoms with E-state index in [1.807, 2.05) is 13.8 Å². The van der Waals surface area contributed by atoms with Crippen LogP contribution in [0.15, 0.2) is 4.99 Å². The third kappa shape index (κ3) is 5.67. The van der Waals surface area contributed by atoms with Gasteiger partial charge in [0.15, 0.2) is 5.96 Å². The van der Waals surface area contributed by atoms with Gasteiger partial charge in [0, 0.05) is 42.7 Å². The number of hydrogen-bond acceptors (Lipinski definition) is 8. The highest BCUT2D eigenvalue weighted by Gasteiger charge is 2.53. The molecule has 0 bridgehead atoms. The third-order valence-electron chi connectivity index (χ3n) is 10.4. The molecule has 0 saturated carbocycles. The average molecular weight is 543 g/mol. The van der Waals surface area contributed by atoms with Gasteiger partial charge < -0.3 is 20.3 Å². The molecule has 0 radical (unpaired) electrons. The molecule has 218 valence electrons. The first-order valence-corrected chi connectivity index (χ1v) is 16.0. The minimum Gasteiger partial charge on any atom is -0.462 e. The number of hydrogen-bond donors (Lipinski definition) is 3. The molecule has 39 heavy (non-hydrogen) atoms. The lowest BCUT2D eigenvalue weighted by molar-refractivity contribution is -0.162. The molecule has 10 atom stereocenters. The van der Waals surface area contributed by atoms with Gasteiger partial charge in [0.05, 0.1) is 18.1 Å². The fraction of sp³-hybridized carbons (Fsp3) is 0.900. The van der Waals surface area contributed by atoms with Gasteiger partial charge in [-0.2, -0.15) is 0 Å². The fourth-order valence-electron chi connectivity index (χ4n) is 8.62. The van der Waals surface area contributed by atoms with Crippen LogP contribution in [0.2, 0.25) is 0 Å². The zero-order valence-electron chi connectivity index (χ0n) is 24.2. The Labute approximate surface area is 234 Å². The Kier molecular flexibility index (Phi) is 8.09. The van der Waals surface area contributed by atoms with Gasteiger partial charge in [0.1, 0.15) is 6.29 Å². The summed E-state index contributed by atoms with van der Waals surface area (Å²) in [6.07, 6.45) is 15.6. The lowest BCUT2D eigenvalue weighted by atomic mass is 9.88. The third-order valence-corrected chi connectivity index (χ3v) is 10.4. The van der Waals surface area contributed by atoms with Crippen LogP contribution >= 0.6 is 0 Å². The summed E-state index contributed by atoms with van der Waals surface area (Å²) in [6.45, 7) is 6.38. The maximum atomic E-state index is 13.2. The van der Waals surface area contributed by atoms with Crippen LogP contribution in [0.1, 0.15) is 111 Å². The number of carbonyl (C=O) groups is 2. The zero-order chi connectivity index (χ0) is 27.1. The van der Waals surface area contributed by atoms with Gasteiger partial charge in [0.25, 0.3) is 0 Å². The van der Waals surface area contributed by atoms with Crippen LogP contribution in [-0.2, 0) is 14.3 Å². The number of esters is 1. The van der Waals surface area contributed by atoms with Crippen LogP contribution in [0.5, 0.6) is 0 Å². The van der Waals surface area contributed by atoms with Crippen molar-refractivity contribution in [1.29, 1.82) is 0 Å². The normalized spacial score (nSPS) is 39.8. The Balaban J connectivity index is 0.875. The quantitative estimate of drug-likeness (QED) is 0.288. The van der Waals surface area contributed by atoms with E-state index < -0.39 is 0 Å². The maximum Gasteiger partial charge on any atom is 0.312 e. The Morgan fingerprint density at radius 3 is 2.59 bits per heavy atom. The molecule has 9 heteroatoms. The van der Waals surface area contributed by atoms with E-state index in [-0.39, 0.29) is 48.3 Å². The largest absolute Gasteiger partial charge is 0.462 e. The summed E-state index contributed by atoms with van der Waals surface area (Å²) in [6, 6.07) is 2.84. The summed E-state index contributed by atoms with van der Waals surface area (Å²) in [4.78, 5) is 35.3. The van der Waals surface area contributed by atoms with Gasteiger partial charge >= 0.3 is 5.97 Å². The summed E-state index contributed by atoms with van der Waals surface area (Å²) < 4.78 is 5.98. The number of nitrogens with zero attached hydrogens (tertiary/aromatic N) is 3. The predicted octanol–water partition coefficient (Wildman–Crippen LogP) is 3.24. The molecule has 6 rings (SSSR count). The van der Waals surface area contributed by atoms with Crippen molar-refractivity contribution < 1.29 is 14.3 Å². The SMILES string of the molecule is CC1CC2CCC3CC(CCCCCCCC(C)OC(=O)C4C(C)NC5NC(=O)CC6CCC4N65)N=C(N1)N32. The number of guanidine groups is 1. The monoisotopic (exact) mass is 542 g/mol. The molecule has 10 unspecified atom stereocenters. The van der Waals surface area contributed by atoms with Crippen LogP contribution in [0.3, 0.4) is 0 Å². The van der Waals surface area contributed by atoms with Gasteiger partial charge in [-0.05, 0) is 78.6 Å². The first-order valence-electron chi connectivity index (χ1n) is 16.0. The molecule has 6 aliphatic rings. The van der Waals surface area contributed by atoms with Crippen LogP contribution in [-0.4, -0.2) is 82.3 Å². The van der Waals surface area contributed by atoms with Gasteiger partial charge in [-0.1, -0.05) is 25.7 Å². The molecule has 0 spiro atoms. The van der Waals surface area contributed by atoms with Gasteiger partial charge in [-0.3, -0.25) is 19.8 Å². The molecule has 0 aromatic carbocycles. The van der Waals surface area contributed by atoms with Crippen LogP contribution in [0.4, 0.5) is 0 Å². The Morgan fingerprint density at radius 2 is 1.74 bits per heavy atom. The van der Waals surface area contributed by atoms with Crippen LogP contribution < -0.4 is 16.0 Å². The van der Waals surface area contributed by atoms with Gasteiger partial charge in [0.2, 0.25) is 5.91 Å². The Morgan fingerprint density at radius 1 is 1.00 bits per heavy atom. The molecule has 6 aliphatic heterocycles. The average Bonchev–Trinajstić information content (AvgIpc) is 3.48. The van der Waals surface area contributed by atoms with Crippen molar-refractivity contribution >= 4 is 17.8 Å². The molecule has 9 nitrogen and oxygen atoms in total. The van der Waals surface area contributed by atoms with E-state index in [9.17, 15) is 9.59 Å². The van der Waals surface area contributed by atoms with E-state index in [4.69, 9.17) is 9.73 Å². The second kappa shape index (κ2) is 11.6. The lowest BCUT2D eigenvalue weighted by Crippen LogP contribution is -2.73. The first-order chi connectivity index (χ1) is 18.9. The summed E-state index contributed by atoms with van der Waals surface area (Å²) in [5.74, 6) is 1.04. The molecule has 6 heterocycles. The summed E-state index contributed by atoms with van der Waals surface area (Å²) in [7, 11) is 0.